The van der Waals surface area contributed by atoms with Gasteiger partial charge in [-0.05, 0) is 18.6 Å². The molecule has 9 heteroatoms. The number of hydrogen-bond donors (Lipinski definition) is 2. The zero-order valence-electron chi connectivity index (χ0n) is 14.3. The number of carbonyl (C=O) groups is 2. The SMILES string of the molecule is COCc1ccc(C(=O)N2CC[C@@H](NC(=O)c3cnccn3)[C@H](O)C2)s1. The molecule has 0 saturated carbocycles. The van der Waals surface area contributed by atoms with Crippen molar-refractivity contribution in [2.45, 2.75) is 25.2 Å². The van der Waals surface area contributed by atoms with E-state index >= 15 is 0 Å². The largest absolute Gasteiger partial charge is 0.389 e. The molecule has 1 aliphatic rings. The van der Waals surface area contributed by atoms with Crippen LogP contribution >= 0.6 is 11.3 Å². The van der Waals surface area contributed by atoms with Crippen LogP contribution in [-0.4, -0.2) is 64.1 Å². The van der Waals surface area contributed by atoms with Gasteiger partial charge in [-0.1, -0.05) is 0 Å². The summed E-state index contributed by atoms with van der Waals surface area (Å²) in [6, 6.07) is 3.21. The van der Waals surface area contributed by atoms with E-state index in [4.69, 9.17) is 4.74 Å². The van der Waals surface area contributed by atoms with Crippen molar-refractivity contribution in [3.05, 3.63) is 46.2 Å². The van der Waals surface area contributed by atoms with Crippen LogP contribution in [-0.2, 0) is 11.3 Å². The molecule has 3 rings (SSSR count). The highest BCUT2D eigenvalue weighted by atomic mass is 32.1. The number of rotatable bonds is 5. The van der Waals surface area contributed by atoms with Crippen molar-refractivity contribution in [3.8, 4) is 0 Å². The number of ether oxygens (including phenoxy) is 1. The number of amides is 2. The van der Waals surface area contributed by atoms with E-state index in [-0.39, 0.29) is 24.1 Å². The van der Waals surface area contributed by atoms with Gasteiger partial charge in [-0.2, -0.15) is 0 Å². The van der Waals surface area contributed by atoms with Crippen molar-refractivity contribution in [1.29, 1.82) is 0 Å². The average molecular weight is 376 g/mol. The highest BCUT2D eigenvalue weighted by Gasteiger charge is 2.32. The lowest BCUT2D eigenvalue weighted by Gasteiger charge is -2.36. The summed E-state index contributed by atoms with van der Waals surface area (Å²) >= 11 is 1.39. The number of aromatic nitrogens is 2. The predicted molar refractivity (Wildman–Crippen MR) is 94.8 cm³/mol. The topological polar surface area (TPSA) is 105 Å². The number of nitrogens with one attached hydrogen (secondary N) is 1. The second kappa shape index (κ2) is 8.35. The molecule has 1 fully saturated rings. The molecule has 0 aliphatic carbocycles. The first-order valence-electron chi connectivity index (χ1n) is 8.20. The fourth-order valence-corrected chi connectivity index (χ4v) is 3.76. The number of methoxy groups -OCH3 is 1. The molecular formula is C17H20N4O4S. The number of aliphatic hydroxyl groups excluding tert-OH is 1. The van der Waals surface area contributed by atoms with Crippen LogP contribution in [0.3, 0.4) is 0 Å². The van der Waals surface area contributed by atoms with Crippen molar-refractivity contribution in [2.24, 2.45) is 0 Å². The smallest absolute Gasteiger partial charge is 0.271 e. The first-order chi connectivity index (χ1) is 12.6. The Labute approximate surface area is 154 Å². The van der Waals surface area contributed by atoms with Gasteiger partial charge in [0.05, 0.1) is 29.8 Å². The number of thiophene rings is 1. The number of carbonyl (C=O) groups excluding carboxylic acids is 2. The fraction of sp³-hybridized carbons (Fsp3) is 0.412. The van der Waals surface area contributed by atoms with Gasteiger partial charge < -0.3 is 20.1 Å². The Morgan fingerprint density at radius 2 is 2.27 bits per heavy atom. The Morgan fingerprint density at radius 1 is 1.42 bits per heavy atom. The number of piperidine rings is 1. The highest BCUT2D eigenvalue weighted by molar-refractivity contribution is 7.14. The van der Waals surface area contributed by atoms with Crippen LogP contribution in [0.2, 0.25) is 0 Å². The maximum absolute atomic E-state index is 12.6. The lowest BCUT2D eigenvalue weighted by Crippen LogP contribution is -2.55. The molecule has 2 aromatic heterocycles. The summed E-state index contributed by atoms with van der Waals surface area (Å²) in [6.45, 7) is 1.09. The van der Waals surface area contributed by atoms with Crippen molar-refractivity contribution in [1.82, 2.24) is 20.2 Å². The summed E-state index contributed by atoms with van der Waals surface area (Å²) in [4.78, 5) is 35.7. The van der Waals surface area contributed by atoms with E-state index in [9.17, 15) is 14.7 Å². The summed E-state index contributed by atoms with van der Waals surface area (Å²) in [5.74, 6) is -0.500. The Morgan fingerprint density at radius 3 is 2.96 bits per heavy atom. The summed E-state index contributed by atoms with van der Waals surface area (Å²) in [5, 5.41) is 13.1. The molecule has 1 aliphatic heterocycles. The van der Waals surface area contributed by atoms with Crippen LogP contribution < -0.4 is 5.32 Å². The van der Waals surface area contributed by atoms with Gasteiger partial charge in [0.25, 0.3) is 11.8 Å². The molecular weight excluding hydrogens is 356 g/mol. The fourth-order valence-electron chi connectivity index (χ4n) is 2.81. The maximum atomic E-state index is 12.6. The molecule has 1 saturated heterocycles. The van der Waals surface area contributed by atoms with E-state index in [1.54, 1.807) is 18.1 Å². The monoisotopic (exact) mass is 376 g/mol. The molecule has 3 heterocycles. The molecule has 26 heavy (non-hydrogen) atoms. The predicted octanol–water partition coefficient (Wildman–Crippen LogP) is 0.690. The minimum absolute atomic E-state index is 0.116. The third-order valence-electron chi connectivity index (χ3n) is 4.14. The van der Waals surface area contributed by atoms with E-state index in [2.05, 4.69) is 15.3 Å². The standard InChI is InChI=1S/C17H20N4O4S/c1-25-10-11-2-3-15(26-11)17(24)21-7-4-12(14(22)9-21)20-16(23)13-8-18-5-6-19-13/h2-3,5-6,8,12,14,22H,4,7,9-10H2,1H3,(H,20,23)/t12-,14-/m1/s1. The van der Waals surface area contributed by atoms with Crippen molar-refractivity contribution in [3.63, 3.8) is 0 Å². The van der Waals surface area contributed by atoms with Gasteiger partial charge in [0.15, 0.2) is 0 Å². The Bertz CT molecular complexity index is 767. The molecule has 0 aromatic carbocycles. The van der Waals surface area contributed by atoms with E-state index < -0.39 is 12.1 Å². The second-order valence-electron chi connectivity index (χ2n) is 5.98. The third kappa shape index (κ3) is 4.24. The van der Waals surface area contributed by atoms with Gasteiger partial charge in [-0.3, -0.25) is 14.6 Å². The quantitative estimate of drug-likeness (QED) is 0.796. The van der Waals surface area contributed by atoms with E-state index in [0.29, 0.717) is 24.4 Å². The molecule has 0 spiro atoms. The number of β-amino-alcohol motifs (C(OH)–C–C–N with tert-alkyl or cyclic N) is 1. The van der Waals surface area contributed by atoms with E-state index in [1.807, 2.05) is 6.07 Å². The van der Waals surface area contributed by atoms with Crippen LogP contribution in [0.15, 0.2) is 30.7 Å². The van der Waals surface area contributed by atoms with Gasteiger partial charge in [-0.25, -0.2) is 4.98 Å². The first-order valence-corrected chi connectivity index (χ1v) is 9.02. The summed E-state index contributed by atoms with van der Waals surface area (Å²) in [5.41, 5.74) is 0.197. The lowest BCUT2D eigenvalue weighted by atomic mass is 10.0. The zero-order chi connectivity index (χ0) is 18.5. The van der Waals surface area contributed by atoms with Gasteiger partial charge in [0.2, 0.25) is 0 Å². The Kier molecular flexibility index (Phi) is 5.92. The minimum Gasteiger partial charge on any atom is -0.389 e. The van der Waals surface area contributed by atoms with E-state index in [0.717, 1.165) is 4.88 Å². The number of aliphatic hydroxyl groups is 1. The maximum Gasteiger partial charge on any atom is 0.271 e. The molecule has 0 unspecified atom stereocenters. The summed E-state index contributed by atoms with van der Waals surface area (Å²) < 4.78 is 5.07. The van der Waals surface area contributed by atoms with Crippen molar-refractivity contribution < 1.29 is 19.4 Å². The van der Waals surface area contributed by atoms with Crippen LogP contribution in [0, 0.1) is 0 Å². The molecule has 8 nitrogen and oxygen atoms in total. The second-order valence-corrected chi connectivity index (χ2v) is 7.15. The Hall–Kier alpha value is -2.36. The summed E-state index contributed by atoms with van der Waals surface area (Å²) in [6.07, 6.45) is 3.92. The number of nitrogens with zero attached hydrogens (tertiary/aromatic N) is 3. The molecule has 0 bridgehead atoms. The zero-order valence-corrected chi connectivity index (χ0v) is 15.1. The van der Waals surface area contributed by atoms with Crippen LogP contribution in [0.25, 0.3) is 0 Å². The highest BCUT2D eigenvalue weighted by Crippen LogP contribution is 2.21. The van der Waals surface area contributed by atoms with Gasteiger partial charge >= 0.3 is 0 Å². The minimum atomic E-state index is -0.841. The average Bonchev–Trinajstić information content (AvgIpc) is 3.12. The van der Waals surface area contributed by atoms with Crippen molar-refractivity contribution in [2.75, 3.05) is 20.2 Å². The number of likely N-dealkylation sites (tertiary alicyclic amines) is 1. The molecule has 2 N–H and O–H groups in total. The molecule has 2 atom stereocenters. The van der Waals surface area contributed by atoms with Crippen LogP contribution in [0.5, 0.6) is 0 Å². The van der Waals surface area contributed by atoms with Crippen LogP contribution in [0.4, 0.5) is 0 Å². The van der Waals surface area contributed by atoms with Gasteiger partial charge in [0.1, 0.15) is 5.69 Å². The molecule has 2 aromatic rings. The molecule has 138 valence electrons. The van der Waals surface area contributed by atoms with Gasteiger partial charge in [0, 0.05) is 37.5 Å². The number of hydrogen-bond acceptors (Lipinski definition) is 7. The van der Waals surface area contributed by atoms with Crippen LogP contribution in [0.1, 0.15) is 31.5 Å². The lowest BCUT2D eigenvalue weighted by molar-refractivity contribution is 0.0317. The Balaban J connectivity index is 1.57. The third-order valence-corrected chi connectivity index (χ3v) is 5.19. The first kappa shape index (κ1) is 18.4. The van der Waals surface area contributed by atoms with E-state index in [1.165, 1.54) is 29.9 Å². The van der Waals surface area contributed by atoms with Crippen molar-refractivity contribution >= 4 is 23.2 Å². The molecule has 0 radical (unpaired) electrons. The van der Waals surface area contributed by atoms with Gasteiger partial charge in [-0.15, -0.1) is 11.3 Å². The summed E-state index contributed by atoms with van der Waals surface area (Å²) in [7, 11) is 1.61. The normalized spacial score (nSPS) is 20.0. The molecule has 2 amide bonds.